The van der Waals surface area contributed by atoms with Gasteiger partial charge in [0.05, 0.1) is 0 Å². The number of hydrogen-bond donors (Lipinski definition) is 1. The van der Waals surface area contributed by atoms with Crippen LogP contribution in [-0.4, -0.2) is 12.3 Å². The van der Waals surface area contributed by atoms with Crippen LogP contribution >= 0.6 is 0 Å². The SMILES string of the molecule is N[C@H]1C[C@@H](C(F)(F)F)Oc2ccccc21. The van der Waals surface area contributed by atoms with E-state index in [0.29, 0.717) is 5.56 Å². The minimum atomic E-state index is -4.36. The second-order valence-corrected chi connectivity index (χ2v) is 3.53. The maximum atomic E-state index is 12.4. The van der Waals surface area contributed by atoms with Crippen LogP contribution in [0.1, 0.15) is 18.0 Å². The molecule has 0 bridgehead atoms. The number of ether oxygens (including phenoxy) is 1. The first-order chi connectivity index (χ1) is 6.98. The number of benzene rings is 1. The van der Waals surface area contributed by atoms with Crippen molar-refractivity contribution in [2.45, 2.75) is 24.7 Å². The highest BCUT2D eigenvalue weighted by Crippen LogP contribution is 2.38. The molecule has 2 nitrogen and oxygen atoms in total. The van der Waals surface area contributed by atoms with Gasteiger partial charge in [0.1, 0.15) is 5.75 Å². The summed E-state index contributed by atoms with van der Waals surface area (Å²) in [6, 6.07) is 5.95. The number of hydrogen-bond acceptors (Lipinski definition) is 2. The Labute approximate surface area is 84.8 Å². The van der Waals surface area contributed by atoms with Crippen molar-refractivity contribution in [3.63, 3.8) is 0 Å². The highest BCUT2D eigenvalue weighted by molar-refractivity contribution is 5.37. The molecule has 0 spiro atoms. The van der Waals surface area contributed by atoms with Crippen LogP contribution in [0, 0.1) is 0 Å². The van der Waals surface area contributed by atoms with Gasteiger partial charge < -0.3 is 10.5 Å². The van der Waals surface area contributed by atoms with Crippen molar-refractivity contribution in [1.29, 1.82) is 0 Å². The molecule has 2 N–H and O–H groups in total. The van der Waals surface area contributed by atoms with Gasteiger partial charge in [0.2, 0.25) is 0 Å². The molecule has 5 heteroatoms. The van der Waals surface area contributed by atoms with E-state index in [4.69, 9.17) is 10.5 Å². The third-order valence-corrected chi connectivity index (χ3v) is 2.42. The molecule has 1 aromatic rings. The van der Waals surface area contributed by atoms with Crippen LogP contribution in [0.4, 0.5) is 13.2 Å². The summed E-state index contributed by atoms with van der Waals surface area (Å²) in [7, 11) is 0. The molecule has 0 aliphatic carbocycles. The first-order valence-corrected chi connectivity index (χ1v) is 4.56. The minimum Gasteiger partial charge on any atom is -0.481 e. The van der Waals surface area contributed by atoms with Crippen LogP contribution in [0.2, 0.25) is 0 Å². The van der Waals surface area contributed by atoms with E-state index in [1.165, 1.54) is 6.07 Å². The first-order valence-electron chi connectivity index (χ1n) is 4.56. The van der Waals surface area contributed by atoms with E-state index in [-0.39, 0.29) is 12.2 Å². The second kappa shape index (κ2) is 3.41. The fourth-order valence-electron chi connectivity index (χ4n) is 1.65. The summed E-state index contributed by atoms with van der Waals surface area (Å²) in [6.07, 6.45) is -6.37. The Kier molecular flexibility index (Phi) is 2.34. The van der Waals surface area contributed by atoms with Crippen molar-refractivity contribution in [2.24, 2.45) is 5.73 Å². The van der Waals surface area contributed by atoms with E-state index in [1.54, 1.807) is 18.2 Å². The van der Waals surface area contributed by atoms with Crippen molar-refractivity contribution in [3.05, 3.63) is 29.8 Å². The Morgan fingerprint density at radius 3 is 2.60 bits per heavy atom. The van der Waals surface area contributed by atoms with Gasteiger partial charge in [-0.2, -0.15) is 13.2 Å². The third-order valence-electron chi connectivity index (χ3n) is 2.42. The first kappa shape index (κ1) is 10.3. The van der Waals surface area contributed by atoms with Gasteiger partial charge in [-0.1, -0.05) is 18.2 Å². The molecule has 0 fully saturated rings. The largest absolute Gasteiger partial charge is 0.481 e. The van der Waals surface area contributed by atoms with E-state index in [0.717, 1.165) is 0 Å². The topological polar surface area (TPSA) is 35.2 Å². The molecule has 0 aromatic heterocycles. The zero-order valence-electron chi connectivity index (χ0n) is 7.79. The highest BCUT2D eigenvalue weighted by atomic mass is 19.4. The van der Waals surface area contributed by atoms with Gasteiger partial charge in [-0.05, 0) is 6.07 Å². The van der Waals surface area contributed by atoms with E-state index < -0.39 is 18.3 Å². The lowest BCUT2D eigenvalue weighted by atomic mass is 9.97. The summed E-state index contributed by atoms with van der Waals surface area (Å²) in [5.74, 6) is 0.235. The summed E-state index contributed by atoms with van der Waals surface area (Å²) in [4.78, 5) is 0. The fraction of sp³-hybridized carbons (Fsp3) is 0.400. The lowest BCUT2D eigenvalue weighted by Crippen LogP contribution is -2.40. The number of fused-ring (bicyclic) bond motifs is 1. The van der Waals surface area contributed by atoms with E-state index in [2.05, 4.69) is 0 Å². The van der Waals surface area contributed by atoms with Gasteiger partial charge in [0.15, 0.2) is 6.10 Å². The van der Waals surface area contributed by atoms with Crippen molar-refractivity contribution < 1.29 is 17.9 Å². The van der Waals surface area contributed by atoms with Gasteiger partial charge in [-0.3, -0.25) is 0 Å². The van der Waals surface area contributed by atoms with Crippen molar-refractivity contribution in [3.8, 4) is 5.75 Å². The number of halogens is 3. The van der Waals surface area contributed by atoms with Crippen LogP contribution < -0.4 is 10.5 Å². The standard InChI is InChI=1S/C10H10F3NO/c11-10(12,13)9-5-7(14)6-3-1-2-4-8(6)15-9/h1-4,7,9H,5,14H2/t7-,9-/m0/s1. The lowest BCUT2D eigenvalue weighted by Gasteiger charge is -2.31. The van der Waals surface area contributed by atoms with Crippen LogP contribution in [0.3, 0.4) is 0 Å². The molecule has 2 atom stereocenters. The van der Waals surface area contributed by atoms with Gasteiger partial charge in [-0.25, -0.2) is 0 Å². The molecule has 15 heavy (non-hydrogen) atoms. The molecular formula is C10H10F3NO. The number of alkyl halides is 3. The van der Waals surface area contributed by atoms with Gasteiger partial charge in [0, 0.05) is 18.0 Å². The van der Waals surface area contributed by atoms with Crippen molar-refractivity contribution in [1.82, 2.24) is 0 Å². The Hall–Kier alpha value is -1.23. The average molecular weight is 217 g/mol. The van der Waals surface area contributed by atoms with E-state index in [9.17, 15) is 13.2 Å². The Balaban J connectivity index is 2.30. The molecular weight excluding hydrogens is 207 g/mol. The number of nitrogens with two attached hydrogens (primary N) is 1. The predicted molar refractivity (Wildman–Crippen MR) is 48.5 cm³/mol. The van der Waals surface area contributed by atoms with Crippen LogP contribution in [0.15, 0.2) is 24.3 Å². The minimum absolute atomic E-state index is 0.222. The van der Waals surface area contributed by atoms with Crippen LogP contribution in [0.5, 0.6) is 5.75 Å². The molecule has 0 unspecified atom stereocenters. The molecule has 0 radical (unpaired) electrons. The molecule has 0 saturated carbocycles. The van der Waals surface area contributed by atoms with Crippen molar-refractivity contribution in [2.75, 3.05) is 0 Å². The molecule has 1 heterocycles. The Morgan fingerprint density at radius 1 is 1.27 bits per heavy atom. The summed E-state index contributed by atoms with van der Waals surface area (Å²) in [5, 5.41) is 0. The van der Waals surface area contributed by atoms with Gasteiger partial charge in [0.25, 0.3) is 0 Å². The molecule has 0 amide bonds. The smallest absolute Gasteiger partial charge is 0.425 e. The quantitative estimate of drug-likeness (QED) is 0.724. The summed E-state index contributed by atoms with van der Waals surface area (Å²) >= 11 is 0. The fourth-order valence-corrected chi connectivity index (χ4v) is 1.65. The zero-order chi connectivity index (χ0) is 11.1. The van der Waals surface area contributed by atoms with Crippen molar-refractivity contribution >= 4 is 0 Å². The molecule has 82 valence electrons. The second-order valence-electron chi connectivity index (χ2n) is 3.53. The highest BCUT2D eigenvalue weighted by Gasteiger charge is 2.45. The summed E-state index contributed by atoms with van der Waals surface area (Å²) < 4.78 is 42.1. The van der Waals surface area contributed by atoms with E-state index in [1.807, 2.05) is 0 Å². The molecule has 0 saturated heterocycles. The summed E-state index contributed by atoms with van der Waals surface area (Å²) in [5.41, 5.74) is 6.29. The zero-order valence-corrected chi connectivity index (χ0v) is 7.79. The normalized spacial score (nSPS) is 25.6. The molecule has 1 aromatic carbocycles. The molecule has 1 aliphatic heterocycles. The van der Waals surface area contributed by atoms with Gasteiger partial charge in [-0.15, -0.1) is 0 Å². The Morgan fingerprint density at radius 2 is 1.93 bits per heavy atom. The van der Waals surface area contributed by atoms with E-state index >= 15 is 0 Å². The van der Waals surface area contributed by atoms with Gasteiger partial charge >= 0.3 is 6.18 Å². The monoisotopic (exact) mass is 217 g/mol. The predicted octanol–water partition coefficient (Wildman–Crippen LogP) is 2.40. The Bertz CT molecular complexity index is 364. The number of para-hydroxylation sites is 1. The third kappa shape index (κ3) is 1.92. The molecule has 2 rings (SSSR count). The van der Waals surface area contributed by atoms with Crippen LogP contribution in [-0.2, 0) is 0 Å². The summed E-state index contributed by atoms with van der Waals surface area (Å²) in [6.45, 7) is 0. The molecule has 1 aliphatic rings. The lowest BCUT2D eigenvalue weighted by molar-refractivity contribution is -0.200. The maximum absolute atomic E-state index is 12.4. The number of rotatable bonds is 0. The maximum Gasteiger partial charge on any atom is 0.425 e. The average Bonchev–Trinajstić information content (AvgIpc) is 2.16. The van der Waals surface area contributed by atoms with Crippen LogP contribution in [0.25, 0.3) is 0 Å².